The van der Waals surface area contributed by atoms with Crippen LogP contribution in [0.4, 0.5) is 5.82 Å². The fraction of sp³-hybridized carbons (Fsp3) is 0.571. The van der Waals surface area contributed by atoms with Gasteiger partial charge >= 0.3 is 5.97 Å². The number of aromatic nitrogens is 4. The Morgan fingerprint density at radius 3 is 2.81 bits per heavy atom. The second kappa shape index (κ2) is 4.41. The molecule has 21 heavy (non-hydrogen) atoms. The van der Waals surface area contributed by atoms with Crippen LogP contribution in [0.25, 0.3) is 11.2 Å². The highest BCUT2D eigenvalue weighted by Gasteiger charge is 2.48. The topological polar surface area (TPSA) is 107 Å². The van der Waals surface area contributed by atoms with Crippen molar-refractivity contribution >= 4 is 23.0 Å². The lowest BCUT2D eigenvalue weighted by Gasteiger charge is -2.20. The van der Waals surface area contributed by atoms with E-state index >= 15 is 0 Å². The Kier molecular flexibility index (Phi) is 2.63. The molecular weight excluding hydrogens is 270 g/mol. The molecule has 4 atom stereocenters. The van der Waals surface area contributed by atoms with Crippen molar-refractivity contribution in [3.8, 4) is 0 Å². The van der Waals surface area contributed by atoms with Gasteiger partial charge in [-0.25, -0.2) is 15.0 Å². The van der Waals surface area contributed by atoms with E-state index in [9.17, 15) is 9.90 Å². The van der Waals surface area contributed by atoms with Gasteiger partial charge in [-0.1, -0.05) is 0 Å². The van der Waals surface area contributed by atoms with Crippen molar-refractivity contribution in [2.24, 2.45) is 17.8 Å². The Morgan fingerprint density at radius 1 is 1.19 bits per heavy atom. The van der Waals surface area contributed by atoms with Gasteiger partial charge in [0.2, 0.25) is 0 Å². The predicted molar refractivity (Wildman–Crippen MR) is 75.3 cm³/mol. The van der Waals surface area contributed by atoms with E-state index in [0.29, 0.717) is 17.3 Å². The second-order valence-electron chi connectivity index (χ2n) is 6.08. The minimum absolute atomic E-state index is 0.186. The van der Waals surface area contributed by atoms with E-state index in [2.05, 4.69) is 19.5 Å². The first-order valence-corrected chi connectivity index (χ1v) is 7.32. The quantitative estimate of drug-likeness (QED) is 0.866. The van der Waals surface area contributed by atoms with Crippen LogP contribution < -0.4 is 5.73 Å². The molecule has 4 unspecified atom stereocenters. The van der Waals surface area contributed by atoms with E-state index in [4.69, 9.17) is 5.73 Å². The zero-order valence-electron chi connectivity index (χ0n) is 11.5. The SMILES string of the molecule is Nc1ncnc2c1ncn2C1CCC2C(C(=O)O)CCC21. The van der Waals surface area contributed by atoms with Crippen molar-refractivity contribution in [1.82, 2.24) is 19.5 Å². The maximum Gasteiger partial charge on any atom is 0.306 e. The summed E-state index contributed by atoms with van der Waals surface area (Å²) < 4.78 is 2.07. The molecule has 0 bridgehead atoms. The number of nitrogens with zero attached hydrogens (tertiary/aromatic N) is 4. The number of anilines is 1. The van der Waals surface area contributed by atoms with Crippen LogP contribution in [-0.4, -0.2) is 30.6 Å². The summed E-state index contributed by atoms with van der Waals surface area (Å²) >= 11 is 0. The molecule has 0 spiro atoms. The van der Waals surface area contributed by atoms with Crippen LogP contribution in [0, 0.1) is 17.8 Å². The molecule has 110 valence electrons. The number of rotatable bonds is 2. The average molecular weight is 287 g/mol. The van der Waals surface area contributed by atoms with E-state index in [-0.39, 0.29) is 17.9 Å². The highest BCUT2D eigenvalue weighted by atomic mass is 16.4. The predicted octanol–water partition coefficient (Wildman–Crippen LogP) is 1.47. The summed E-state index contributed by atoms with van der Waals surface area (Å²) in [5, 5.41) is 9.33. The lowest BCUT2D eigenvalue weighted by Crippen LogP contribution is -2.20. The standard InChI is InChI=1S/C14H17N5O2/c15-12-11-13(17-5-16-12)19(6-18-11)10-4-3-7-8(10)1-2-9(7)14(20)21/h5-10H,1-4H2,(H,20,21)(H2,15,16,17). The first-order valence-electron chi connectivity index (χ1n) is 7.32. The van der Waals surface area contributed by atoms with Gasteiger partial charge < -0.3 is 15.4 Å². The molecular formula is C14H17N5O2. The molecule has 4 rings (SSSR count). The monoisotopic (exact) mass is 287 g/mol. The van der Waals surface area contributed by atoms with E-state index in [1.165, 1.54) is 6.33 Å². The molecule has 2 heterocycles. The molecule has 0 saturated heterocycles. The smallest absolute Gasteiger partial charge is 0.306 e. The van der Waals surface area contributed by atoms with E-state index in [1.807, 2.05) is 0 Å². The number of aliphatic carboxylic acids is 1. The average Bonchev–Trinajstić information content (AvgIpc) is 3.11. The maximum absolute atomic E-state index is 11.3. The number of carboxylic acid groups (broad SMARTS) is 1. The Hall–Kier alpha value is -2.18. The van der Waals surface area contributed by atoms with Crippen LogP contribution in [0.2, 0.25) is 0 Å². The van der Waals surface area contributed by atoms with Gasteiger partial charge in [0, 0.05) is 6.04 Å². The maximum atomic E-state index is 11.3. The van der Waals surface area contributed by atoms with Gasteiger partial charge in [0.05, 0.1) is 12.2 Å². The van der Waals surface area contributed by atoms with E-state index in [1.54, 1.807) is 6.33 Å². The van der Waals surface area contributed by atoms with Crippen LogP contribution in [0.1, 0.15) is 31.7 Å². The van der Waals surface area contributed by atoms with Crippen LogP contribution in [-0.2, 0) is 4.79 Å². The lowest BCUT2D eigenvalue weighted by atomic mass is 9.91. The normalized spacial score (nSPS) is 31.6. The molecule has 7 heteroatoms. The Balaban J connectivity index is 1.71. The molecule has 2 fully saturated rings. The number of imidazole rings is 1. The molecule has 2 saturated carbocycles. The molecule has 2 aliphatic carbocycles. The summed E-state index contributed by atoms with van der Waals surface area (Å²) in [5.41, 5.74) is 7.22. The third kappa shape index (κ3) is 1.73. The summed E-state index contributed by atoms with van der Waals surface area (Å²) in [6, 6.07) is 0.277. The van der Waals surface area contributed by atoms with Gasteiger partial charge in [0.1, 0.15) is 11.8 Å². The van der Waals surface area contributed by atoms with Crippen molar-refractivity contribution in [3.05, 3.63) is 12.7 Å². The lowest BCUT2D eigenvalue weighted by molar-refractivity contribution is -0.143. The van der Waals surface area contributed by atoms with Crippen molar-refractivity contribution < 1.29 is 9.90 Å². The molecule has 0 radical (unpaired) electrons. The summed E-state index contributed by atoms with van der Waals surface area (Å²) in [7, 11) is 0. The van der Waals surface area contributed by atoms with Gasteiger partial charge in [-0.05, 0) is 37.5 Å². The Bertz CT molecular complexity index is 712. The molecule has 3 N–H and O–H groups in total. The first-order chi connectivity index (χ1) is 10.2. The number of carboxylic acids is 1. The van der Waals surface area contributed by atoms with Gasteiger partial charge in [-0.3, -0.25) is 4.79 Å². The van der Waals surface area contributed by atoms with Gasteiger partial charge in [0.25, 0.3) is 0 Å². The number of carbonyl (C=O) groups is 1. The largest absolute Gasteiger partial charge is 0.481 e. The zero-order chi connectivity index (χ0) is 14.6. The molecule has 0 aromatic carbocycles. The Labute approximate surface area is 121 Å². The van der Waals surface area contributed by atoms with Gasteiger partial charge in [0.15, 0.2) is 11.5 Å². The number of fused-ring (bicyclic) bond motifs is 2. The van der Waals surface area contributed by atoms with Crippen LogP contribution in [0.3, 0.4) is 0 Å². The van der Waals surface area contributed by atoms with E-state index in [0.717, 1.165) is 31.3 Å². The molecule has 7 nitrogen and oxygen atoms in total. The fourth-order valence-electron chi connectivity index (χ4n) is 4.33. The van der Waals surface area contributed by atoms with Crippen LogP contribution in [0.5, 0.6) is 0 Å². The number of nitrogen functional groups attached to an aromatic ring is 1. The Morgan fingerprint density at radius 2 is 2.00 bits per heavy atom. The summed E-state index contributed by atoms with van der Waals surface area (Å²) in [6.45, 7) is 0. The van der Waals surface area contributed by atoms with Crippen LogP contribution in [0.15, 0.2) is 12.7 Å². The molecule has 0 aliphatic heterocycles. The van der Waals surface area contributed by atoms with Crippen molar-refractivity contribution in [2.75, 3.05) is 5.73 Å². The third-order valence-corrected chi connectivity index (χ3v) is 5.23. The van der Waals surface area contributed by atoms with Crippen molar-refractivity contribution in [3.63, 3.8) is 0 Å². The highest BCUT2D eigenvalue weighted by Crippen LogP contribution is 2.53. The summed E-state index contributed by atoms with van der Waals surface area (Å²) in [6.07, 6.45) is 6.92. The van der Waals surface area contributed by atoms with Gasteiger partial charge in [-0.2, -0.15) is 0 Å². The highest BCUT2D eigenvalue weighted by molar-refractivity contribution is 5.81. The minimum atomic E-state index is -0.648. The molecule has 0 amide bonds. The van der Waals surface area contributed by atoms with Crippen LogP contribution >= 0.6 is 0 Å². The van der Waals surface area contributed by atoms with Crippen molar-refractivity contribution in [1.29, 1.82) is 0 Å². The minimum Gasteiger partial charge on any atom is -0.481 e. The summed E-state index contributed by atoms with van der Waals surface area (Å²) in [4.78, 5) is 23.9. The fourth-order valence-corrected chi connectivity index (χ4v) is 4.33. The number of nitrogens with two attached hydrogens (primary N) is 1. The van der Waals surface area contributed by atoms with Gasteiger partial charge in [-0.15, -0.1) is 0 Å². The van der Waals surface area contributed by atoms with E-state index < -0.39 is 5.97 Å². The molecule has 2 aromatic heterocycles. The molecule has 2 aliphatic rings. The summed E-state index contributed by atoms with van der Waals surface area (Å²) in [5.74, 6) is 0.242. The first kappa shape index (κ1) is 12.6. The zero-order valence-corrected chi connectivity index (χ0v) is 11.5. The number of hydrogen-bond donors (Lipinski definition) is 2. The number of hydrogen-bond acceptors (Lipinski definition) is 5. The molecule has 2 aromatic rings. The van der Waals surface area contributed by atoms with Crippen molar-refractivity contribution in [2.45, 2.75) is 31.7 Å². The second-order valence-corrected chi connectivity index (χ2v) is 6.08. The third-order valence-electron chi connectivity index (χ3n) is 5.23.